The second-order valence-electron chi connectivity index (χ2n) is 6.85. The standard InChI is InChI=1S/C18H24N2O2/c1-11-5-7-19-17(21)16(18(22)20(19)8-6-11)15-13(3)9-12(2)10-14(15)4/h9-11,16H,5-8H2,1-4H3. The van der Waals surface area contributed by atoms with E-state index in [0.29, 0.717) is 19.0 Å². The molecule has 0 spiro atoms. The van der Waals surface area contributed by atoms with Crippen molar-refractivity contribution in [2.45, 2.75) is 46.5 Å². The van der Waals surface area contributed by atoms with Gasteiger partial charge in [0, 0.05) is 13.1 Å². The summed E-state index contributed by atoms with van der Waals surface area (Å²) in [5.74, 6) is -0.176. The lowest BCUT2D eigenvalue weighted by atomic mass is 9.88. The summed E-state index contributed by atoms with van der Waals surface area (Å²) in [5.41, 5.74) is 4.15. The van der Waals surface area contributed by atoms with Crippen LogP contribution in [0.25, 0.3) is 0 Å². The smallest absolute Gasteiger partial charge is 0.258 e. The Hall–Kier alpha value is -1.84. The number of hydrogen-bond donors (Lipinski definition) is 0. The van der Waals surface area contributed by atoms with Gasteiger partial charge in [-0.3, -0.25) is 19.6 Å². The predicted molar refractivity (Wildman–Crippen MR) is 85.2 cm³/mol. The highest BCUT2D eigenvalue weighted by atomic mass is 16.2. The van der Waals surface area contributed by atoms with E-state index in [2.05, 4.69) is 19.1 Å². The molecule has 0 N–H and O–H groups in total. The lowest BCUT2D eigenvalue weighted by Gasteiger charge is -2.24. The van der Waals surface area contributed by atoms with Crippen molar-refractivity contribution in [3.05, 3.63) is 34.4 Å². The van der Waals surface area contributed by atoms with Crippen LogP contribution < -0.4 is 0 Å². The monoisotopic (exact) mass is 300 g/mol. The van der Waals surface area contributed by atoms with E-state index in [1.54, 1.807) is 10.0 Å². The molecule has 0 saturated carbocycles. The van der Waals surface area contributed by atoms with Crippen molar-refractivity contribution in [3.63, 3.8) is 0 Å². The van der Waals surface area contributed by atoms with Crippen LogP contribution in [-0.2, 0) is 9.59 Å². The van der Waals surface area contributed by atoms with Gasteiger partial charge < -0.3 is 0 Å². The van der Waals surface area contributed by atoms with Crippen LogP contribution >= 0.6 is 0 Å². The van der Waals surface area contributed by atoms with E-state index >= 15 is 0 Å². The molecule has 2 amide bonds. The van der Waals surface area contributed by atoms with Crippen LogP contribution in [0, 0.1) is 26.7 Å². The summed E-state index contributed by atoms with van der Waals surface area (Å²) < 4.78 is 0. The second-order valence-corrected chi connectivity index (χ2v) is 6.85. The first-order valence-corrected chi connectivity index (χ1v) is 8.10. The Bertz CT molecular complexity index is 589. The minimum atomic E-state index is -0.644. The molecule has 2 aliphatic rings. The van der Waals surface area contributed by atoms with Crippen molar-refractivity contribution >= 4 is 11.8 Å². The van der Waals surface area contributed by atoms with Gasteiger partial charge in [0.2, 0.25) is 0 Å². The molecule has 22 heavy (non-hydrogen) atoms. The van der Waals surface area contributed by atoms with E-state index in [0.717, 1.165) is 29.5 Å². The van der Waals surface area contributed by atoms with Gasteiger partial charge in [0.1, 0.15) is 5.92 Å². The lowest BCUT2D eigenvalue weighted by molar-refractivity contribution is -0.145. The molecule has 4 heteroatoms. The molecule has 0 bridgehead atoms. The van der Waals surface area contributed by atoms with Gasteiger partial charge >= 0.3 is 0 Å². The number of hydrogen-bond acceptors (Lipinski definition) is 2. The van der Waals surface area contributed by atoms with E-state index in [1.807, 2.05) is 20.8 Å². The Morgan fingerprint density at radius 2 is 1.36 bits per heavy atom. The summed E-state index contributed by atoms with van der Waals surface area (Å²) in [5, 5.41) is 3.38. The normalized spacial score (nSPS) is 20.5. The van der Waals surface area contributed by atoms with Crippen LogP contribution in [-0.4, -0.2) is 34.9 Å². The number of fused-ring (bicyclic) bond motifs is 1. The van der Waals surface area contributed by atoms with E-state index in [1.165, 1.54) is 5.56 Å². The molecule has 2 aliphatic heterocycles. The first-order chi connectivity index (χ1) is 10.4. The molecule has 3 rings (SSSR count). The Kier molecular flexibility index (Phi) is 3.71. The minimum Gasteiger partial charge on any atom is -0.272 e. The van der Waals surface area contributed by atoms with Gasteiger partial charge in [-0.2, -0.15) is 0 Å². The molecule has 4 nitrogen and oxygen atoms in total. The van der Waals surface area contributed by atoms with Crippen LogP contribution in [0.15, 0.2) is 12.1 Å². The molecule has 0 atom stereocenters. The van der Waals surface area contributed by atoms with Gasteiger partial charge in [-0.25, -0.2) is 0 Å². The molecule has 1 aromatic carbocycles. The molecule has 0 unspecified atom stereocenters. The Balaban J connectivity index is 2.00. The summed E-state index contributed by atoms with van der Waals surface area (Å²) in [6, 6.07) is 4.12. The van der Waals surface area contributed by atoms with Crippen molar-refractivity contribution in [3.8, 4) is 0 Å². The quantitative estimate of drug-likeness (QED) is 0.748. The topological polar surface area (TPSA) is 40.6 Å². The Morgan fingerprint density at radius 1 is 0.909 bits per heavy atom. The zero-order valence-corrected chi connectivity index (χ0v) is 13.8. The maximum absolute atomic E-state index is 12.9. The highest BCUT2D eigenvalue weighted by Crippen LogP contribution is 2.35. The maximum Gasteiger partial charge on any atom is 0.258 e. The summed E-state index contributed by atoms with van der Waals surface area (Å²) in [7, 11) is 0. The van der Waals surface area contributed by atoms with E-state index in [-0.39, 0.29) is 11.8 Å². The molecule has 2 heterocycles. The van der Waals surface area contributed by atoms with Crippen molar-refractivity contribution in [1.29, 1.82) is 0 Å². The number of hydrazine groups is 1. The largest absolute Gasteiger partial charge is 0.272 e. The third kappa shape index (κ3) is 2.31. The van der Waals surface area contributed by atoms with Gasteiger partial charge in [0.25, 0.3) is 11.8 Å². The fourth-order valence-corrected chi connectivity index (χ4v) is 3.83. The predicted octanol–water partition coefficient (Wildman–Crippen LogP) is 2.71. The molecule has 1 aromatic rings. The highest BCUT2D eigenvalue weighted by Gasteiger charge is 2.47. The molecule has 0 radical (unpaired) electrons. The van der Waals surface area contributed by atoms with Crippen LogP contribution in [0.3, 0.4) is 0 Å². The van der Waals surface area contributed by atoms with Crippen molar-refractivity contribution in [2.24, 2.45) is 5.92 Å². The summed E-state index contributed by atoms with van der Waals surface area (Å²) in [6.45, 7) is 9.54. The minimum absolute atomic E-state index is 0.0471. The summed E-state index contributed by atoms with van der Waals surface area (Å²) in [4.78, 5) is 25.7. The van der Waals surface area contributed by atoms with Crippen LogP contribution in [0.5, 0.6) is 0 Å². The lowest BCUT2D eigenvalue weighted by Crippen LogP contribution is -2.40. The van der Waals surface area contributed by atoms with Crippen LogP contribution in [0.1, 0.15) is 47.9 Å². The molecule has 2 saturated heterocycles. The van der Waals surface area contributed by atoms with E-state index in [9.17, 15) is 9.59 Å². The molecular weight excluding hydrogens is 276 g/mol. The number of carbonyl (C=O) groups is 2. The summed E-state index contributed by atoms with van der Waals surface area (Å²) >= 11 is 0. The first-order valence-electron chi connectivity index (χ1n) is 8.10. The Labute approximate surface area is 132 Å². The molecular formula is C18H24N2O2. The Morgan fingerprint density at radius 3 is 1.82 bits per heavy atom. The van der Waals surface area contributed by atoms with Gasteiger partial charge in [-0.15, -0.1) is 0 Å². The fourth-order valence-electron chi connectivity index (χ4n) is 3.83. The number of benzene rings is 1. The number of amides is 2. The fraction of sp³-hybridized carbons (Fsp3) is 0.556. The first kappa shape index (κ1) is 15.1. The van der Waals surface area contributed by atoms with Gasteiger partial charge in [0.15, 0.2) is 0 Å². The molecule has 0 aromatic heterocycles. The average molecular weight is 300 g/mol. The second kappa shape index (κ2) is 5.41. The van der Waals surface area contributed by atoms with Crippen molar-refractivity contribution in [2.75, 3.05) is 13.1 Å². The third-order valence-electron chi connectivity index (χ3n) is 4.99. The highest BCUT2D eigenvalue weighted by molar-refractivity contribution is 6.10. The van der Waals surface area contributed by atoms with Crippen molar-refractivity contribution in [1.82, 2.24) is 10.0 Å². The third-order valence-corrected chi connectivity index (χ3v) is 4.99. The van der Waals surface area contributed by atoms with Crippen molar-refractivity contribution < 1.29 is 9.59 Å². The number of aryl methyl sites for hydroxylation is 3. The van der Waals surface area contributed by atoms with Gasteiger partial charge in [0.05, 0.1) is 0 Å². The number of rotatable bonds is 1. The van der Waals surface area contributed by atoms with Crippen LogP contribution in [0.2, 0.25) is 0 Å². The van der Waals surface area contributed by atoms with E-state index in [4.69, 9.17) is 0 Å². The van der Waals surface area contributed by atoms with Gasteiger partial charge in [-0.05, 0) is 56.2 Å². The SMILES string of the molecule is Cc1cc(C)c(C2C(=O)N3CCC(C)CCN3C2=O)c(C)c1. The number of nitrogens with zero attached hydrogens (tertiary/aromatic N) is 2. The molecule has 2 fully saturated rings. The van der Waals surface area contributed by atoms with Crippen LogP contribution in [0.4, 0.5) is 0 Å². The molecule has 0 aliphatic carbocycles. The maximum atomic E-state index is 12.9. The average Bonchev–Trinajstić information content (AvgIpc) is 2.59. The van der Waals surface area contributed by atoms with E-state index < -0.39 is 5.92 Å². The zero-order valence-electron chi connectivity index (χ0n) is 13.8. The molecule has 118 valence electrons. The number of carbonyl (C=O) groups excluding carboxylic acids is 2. The van der Waals surface area contributed by atoms with Gasteiger partial charge in [-0.1, -0.05) is 24.6 Å². The summed E-state index contributed by atoms with van der Waals surface area (Å²) in [6.07, 6.45) is 1.93. The zero-order chi connectivity index (χ0) is 16.0.